The molecule has 68 valence electrons. The largest absolute Gasteiger partial charge is 0.355 e. The Morgan fingerprint density at radius 2 is 1.55 bits per heavy atom. The molecule has 0 aromatic rings. The van der Waals surface area contributed by atoms with Crippen LogP contribution in [0.1, 0.15) is 27.7 Å². The minimum Gasteiger partial charge on any atom is -0.355 e. The molecule has 0 saturated heterocycles. The molecule has 0 aromatic heterocycles. The maximum absolute atomic E-state index is 5.57. The van der Waals surface area contributed by atoms with Crippen LogP contribution in [-0.4, -0.2) is 28.9 Å². The average Bonchev–Trinajstić information content (AvgIpc) is 1.88. The fraction of sp³-hybridized carbons (Fsp3) is 1.00. The molecule has 3 heteroatoms. The zero-order valence-electron chi connectivity index (χ0n) is 8.31. The molecule has 0 fully saturated rings. The Morgan fingerprint density at radius 1 is 1.18 bits per heavy atom. The van der Waals surface area contributed by atoms with Crippen LogP contribution >= 0.6 is 0 Å². The molecule has 0 heterocycles. The van der Waals surface area contributed by atoms with Gasteiger partial charge in [0, 0.05) is 19.1 Å². The van der Waals surface area contributed by atoms with Crippen LogP contribution in [0.3, 0.4) is 0 Å². The van der Waals surface area contributed by atoms with Crippen LogP contribution in [0.2, 0.25) is 0 Å². The lowest BCUT2D eigenvalue weighted by molar-refractivity contribution is -0.197. The first-order valence-electron chi connectivity index (χ1n) is 4.34. The maximum Gasteiger partial charge on any atom is 0.143 e. The van der Waals surface area contributed by atoms with Crippen LogP contribution < -0.4 is 0 Å². The molecular formula is C8H20O2Si. The van der Waals surface area contributed by atoms with Crippen molar-refractivity contribution in [1.29, 1.82) is 0 Å². The standard InChI is InChI=1S/C8H20O2Si/c1-5-9-8(11,7(3)4)10-6-2/h7H,5-6H2,1-4,11H3. The molecular weight excluding hydrogens is 156 g/mol. The molecule has 0 aliphatic heterocycles. The Hall–Kier alpha value is 0.137. The summed E-state index contributed by atoms with van der Waals surface area (Å²) in [4.78, 5) is 0. The minimum atomic E-state index is -0.260. The number of hydrogen-bond acceptors (Lipinski definition) is 2. The SMILES string of the molecule is CCOC([SiH3])(OCC)C(C)C. The smallest absolute Gasteiger partial charge is 0.143 e. The first-order valence-corrected chi connectivity index (χ1v) is 5.34. The topological polar surface area (TPSA) is 18.5 Å². The molecule has 0 radical (unpaired) electrons. The van der Waals surface area contributed by atoms with Crippen LogP contribution in [-0.2, 0) is 9.47 Å². The molecule has 2 nitrogen and oxygen atoms in total. The maximum atomic E-state index is 5.57. The number of ether oxygens (including phenoxy) is 2. The Balaban J connectivity index is 4.01. The van der Waals surface area contributed by atoms with Crippen molar-refractivity contribution < 1.29 is 9.47 Å². The summed E-state index contributed by atoms with van der Waals surface area (Å²) >= 11 is 0. The van der Waals surface area contributed by atoms with Gasteiger partial charge in [0.2, 0.25) is 0 Å². The molecule has 11 heavy (non-hydrogen) atoms. The van der Waals surface area contributed by atoms with Gasteiger partial charge in [0.1, 0.15) is 5.41 Å². The van der Waals surface area contributed by atoms with E-state index in [1.807, 2.05) is 13.8 Å². The number of rotatable bonds is 5. The highest BCUT2D eigenvalue weighted by atomic mass is 28.1. The van der Waals surface area contributed by atoms with Gasteiger partial charge in [-0.15, -0.1) is 0 Å². The van der Waals surface area contributed by atoms with E-state index in [9.17, 15) is 0 Å². The van der Waals surface area contributed by atoms with Crippen molar-refractivity contribution in [3.63, 3.8) is 0 Å². The summed E-state index contributed by atoms with van der Waals surface area (Å²) in [6.07, 6.45) is 0. The van der Waals surface area contributed by atoms with Gasteiger partial charge in [0.25, 0.3) is 0 Å². The highest BCUT2D eigenvalue weighted by molar-refractivity contribution is 6.13. The van der Waals surface area contributed by atoms with Gasteiger partial charge in [-0.3, -0.25) is 0 Å². The van der Waals surface area contributed by atoms with E-state index in [0.29, 0.717) is 5.92 Å². The van der Waals surface area contributed by atoms with Crippen molar-refractivity contribution in [3.8, 4) is 0 Å². The summed E-state index contributed by atoms with van der Waals surface area (Å²) in [7, 11) is 0.928. The second kappa shape index (κ2) is 4.90. The van der Waals surface area contributed by atoms with Gasteiger partial charge >= 0.3 is 0 Å². The van der Waals surface area contributed by atoms with E-state index in [1.165, 1.54) is 0 Å². The lowest BCUT2D eigenvalue weighted by Gasteiger charge is -2.33. The second-order valence-corrected chi connectivity index (χ2v) is 4.43. The average molecular weight is 176 g/mol. The van der Waals surface area contributed by atoms with Crippen molar-refractivity contribution in [3.05, 3.63) is 0 Å². The van der Waals surface area contributed by atoms with Crippen molar-refractivity contribution in [2.24, 2.45) is 5.92 Å². The molecule has 0 aliphatic rings. The van der Waals surface area contributed by atoms with Gasteiger partial charge in [-0.2, -0.15) is 0 Å². The lowest BCUT2D eigenvalue weighted by atomic mass is 10.2. The van der Waals surface area contributed by atoms with Crippen LogP contribution in [0.4, 0.5) is 0 Å². The summed E-state index contributed by atoms with van der Waals surface area (Å²) in [6, 6.07) is 0. The van der Waals surface area contributed by atoms with E-state index >= 15 is 0 Å². The van der Waals surface area contributed by atoms with Crippen molar-refractivity contribution >= 4 is 10.2 Å². The zero-order chi connectivity index (χ0) is 8.91. The van der Waals surface area contributed by atoms with Gasteiger partial charge in [-0.25, -0.2) is 0 Å². The van der Waals surface area contributed by atoms with Gasteiger partial charge in [0.15, 0.2) is 0 Å². The lowest BCUT2D eigenvalue weighted by Crippen LogP contribution is -2.42. The van der Waals surface area contributed by atoms with E-state index in [0.717, 1.165) is 23.5 Å². The van der Waals surface area contributed by atoms with Gasteiger partial charge in [-0.05, 0) is 13.8 Å². The zero-order valence-corrected chi connectivity index (χ0v) is 10.3. The molecule has 0 bridgehead atoms. The minimum absolute atomic E-state index is 0.260. The van der Waals surface area contributed by atoms with Crippen LogP contribution in [0.5, 0.6) is 0 Å². The third-order valence-electron chi connectivity index (χ3n) is 1.91. The van der Waals surface area contributed by atoms with Crippen molar-refractivity contribution in [1.82, 2.24) is 0 Å². The van der Waals surface area contributed by atoms with E-state index < -0.39 is 0 Å². The van der Waals surface area contributed by atoms with Crippen LogP contribution in [0.25, 0.3) is 0 Å². The Kier molecular flexibility index (Phi) is 4.96. The first kappa shape index (κ1) is 11.1. The normalized spacial score (nSPS) is 12.8. The molecule has 0 spiro atoms. The molecule has 0 unspecified atom stereocenters. The Morgan fingerprint density at radius 3 is 1.73 bits per heavy atom. The highest BCUT2D eigenvalue weighted by Crippen LogP contribution is 2.19. The summed E-state index contributed by atoms with van der Waals surface area (Å²) in [5, 5.41) is 0. The Labute approximate surface area is 72.7 Å². The van der Waals surface area contributed by atoms with Crippen molar-refractivity contribution in [2.45, 2.75) is 33.1 Å². The monoisotopic (exact) mass is 176 g/mol. The van der Waals surface area contributed by atoms with E-state index in [4.69, 9.17) is 9.47 Å². The van der Waals surface area contributed by atoms with Gasteiger partial charge in [-0.1, -0.05) is 13.8 Å². The van der Waals surface area contributed by atoms with E-state index in [2.05, 4.69) is 13.8 Å². The van der Waals surface area contributed by atoms with E-state index in [-0.39, 0.29) is 5.41 Å². The first-order chi connectivity index (χ1) is 5.06. The Bertz CT molecular complexity index is 98.3. The van der Waals surface area contributed by atoms with Crippen molar-refractivity contribution in [2.75, 3.05) is 13.2 Å². The molecule has 0 rings (SSSR count). The molecule has 0 amide bonds. The third kappa shape index (κ3) is 3.36. The quantitative estimate of drug-likeness (QED) is 0.454. The number of hydrogen-bond donors (Lipinski definition) is 0. The fourth-order valence-corrected chi connectivity index (χ4v) is 1.53. The second-order valence-electron chi connectivity index (χ2n) is 3.04. The summed E-state index contributed by atoms with van der Waals surface area (Å²) < 4.78 is 11.1. The molecule has 0 aliphatic carbocycles. The van der Waals surface area contributed by atoms with Crippen LogP contribution in [0, 0.1) is 5.92 Å². The summed E-state index contributed by atoms with van der Waals surface area (Å²) in [6.45, 7) is 9.77. The third-order valence-corrected chi connectivity index (χ3v) is 3.64. The molecule has 0 saturated carbocycles. The van der Waals surface area contributed by atoms with E-state index in [1.54, 1.807) is 0 Å². The summed E-state index contributed by atoms with van der Waals surface area (Å²) in [5.74, 6) is 0.453. The van der Waals surface area contributed by atoms with Crippen LogP contribution in [0.15, 0.2) is 0 Å². The van der Waals surface area contributed by atoms with Gasteiger partial charge in [0.05, 0.1) is 10.2 Å². The molecule has 0 N–H and O–H groups in total. The predicted octanol–water partition coefficient (Wildman–Crippen LogP) is 0.735. The highest BCUT2D eigenvalue weighted by Gasteiger charge is 2.28. The van der Waals surface area contributed by atoms with Gasteiger partial charge < -0.3 is 9.47 Å². The summed E-state index contributed by atoms with van der Waals surface area (Å²) in [5.41, 5.74) is -0.260. The molecule has 0 aromatic carbocycles. The fourth-order valence-electron chi connectivity index (χ4n) is 0.948. The molecule has 0 atom stereocenters. The predicted molar refractivity (Wildman–Crippen MR) is 50.8 cm³/mol.